The summed E-state index contributed by atoms with van der Waals surface area (Å²) < 4.78 is 4.99. The zero-order chi connectivity index (χ0) is 13.1. The van der Waals surface area contributed by atoms with Gasteiger partial charge in [-0.1, -0.05) is 5.16 Å². The smallest absolute Gasteiger partial charge is 0.306 e. The standard InChI is InChI=1S/C12H17NO5/c14-5-9-10(6-15)18-13-11(9)7-1-3-8(4-2-7)12(16)17/h7-8,14-15H,1-6H2,(H,16,17). The molecule has 6 heteroatoms. The molecule has 3 N–H and O–H groups in total. The van der Waals surface area contributed by atoms with Crippen LogP contribution < -0.4 is 0 Å². The number of nitrogens with zero attached hydrogens (tertiary/aromatic N) is 1. The predicted octanol–water partition coefficient (Wildman–Crippen LogP) is 1.02. The van der Waals surface area contributed by atoms with Crippen LogP contribution in [0.5, 0.6) is 0 Å². The SMILES string of the molecule is O=C(O)C1CCC(c2noc(CO)c2CO)CC1. The van der Waals surface area contributed by atoms with Gasteiger partial charge in [-0.25, -0.2) is 0 Å². The predicted molar refractivity (Wildman–Crippen MR) is 60.7 cm³/mol. The second-order valence-electron chi connectivity index (χ2n) is 4.67. The van der Waals surface area contributed by atoms with Crippen LogP contribution in [0.4, 0.5) is 0 Å². The number of rotatable bonds is 4. The molecule has 0 radical (unpaired) electrons. The molecule has 0 spiro atoms. The molecule has 1 heterocycles. The molecule has 0 aliphatic heterocycles. The van der Waals surface area contributed by atoms with Crippen molar-refractivity contribution < 1.29 is 24.6 Å². The summed E-state index contributed by atoms with van der Waals surface area (Å²) in [6, 6.07) is 0. The number of aliphatic hydroxyl groups excluding tert-OH is 2. The van der Waals surface area contributed by atoms with Crippen molar-refractivity contribution in [3.05, 3.63) is 17.0 Å². The lowest BCUT2D eigenvalue weighted by Crippen LogP contribution is -2.21. The molecular weight excluding hydrogens is 238 g/mol. The number of aromatic nitrogens is 1. The Labute approximate surface area is 104 Å². The Bertz CT molecular complexity index is 420. The van der Waals surface area contributed by atoms with E-state index in [-0.39, 0.29) is 25.0 Å². The van der Waals surface area contributed by atoms with Gasteiger partial charge in [-0.2, -0.15) is 0 Å². The lowest BCUT2D eigenvalue weighted by Gasteiger charge is -2.25. The first-order valence-electron chi connectivity index (χ1n) is 6.09. The van der Waals surface area contributed by atoms with Crippen molar-refractivity contribution in [2.45, 2.75) is 44.8 Å². The Morgan fingerprint density at radius 1 is 1.22 bits per heavy atom. The molecule has 1 fully saturated rings. The van der Waals surface area contributed by atoms with E-state index >= 15 is 0 Å². The van der Waals surface area contributed by atoms with E-state index < -0.39 is 5.97 Å². The van der Waals surface area contributed by atoms with Gasteiger partial charge in [0.1, 0.15) is 6.61 Å². The number of aliphatic carboxylic acids is 1. The van der Waals surface area contributed by atoms with Crippen LogP contribution >= 0.6 is 0 Å². The molecule has 6 nitrogen and oxygen atoms in total. The Kier molecular flexibility index (Phi) is 3.98. The second kappa shape index (κ2) is 5.49. The molecule has 1 aliphatic carbocycles. The van der Waals surface area contributed by atoms with Gasteiger partial charge in [0.25, 0.3) is 0 Å². The van der Waals surface area contributed by atoms with Gasteiger partial charge in [0, 0.05) is 11.5 Å². The third kappa shape index (κ3) is 2.39. The average Bonchev–Trinajstić information content (AvgIpc) is 2.81. The normalized spacial score (nSPS) is 24.1. The Morgan fingerprint density at radius 2 is 1.89 bits per heavy atom. The van der Waals surface area contributed by atoms with E-state index in [0.717, 1.165) is 12.8 Å². The fourth-order valence-electron chi connectivity index (χ4n) is 2.59. The van der Waals surface area contributed by atoms with Gasteiger partial charge in [-0.05, 0) is 25.7 Å². The highest BCUT2D eigenvalue weighted by molar-refractivity contribution is 5.70. The van der Waals surface area contributed by atoms with Crippen LogP contribution in [0, 0.1) is 5.92 Å². The van der Waals surface area contributed by atoms with Crippen LogP contribution in [0.25, 0.3) is 0 Å². The Morgan fingerprint density at radius 3 is 2.39 bits per heavy atom. The molecule has 1 aliphatic rings. The molecular formula is C12H17NO5. The molecule has 0 bridgehead atoms. The van der Waals surface area contributed by atoms with Gasteiger partial charge in [-0.3, -0.25) is 4.79 Å². The van der Waals surface area contributed by atoms with Crippen LogP contribution in [0.1, 0.15) is 48.6 Å². The van der Waals surface area contributed by atoms with Crippen LogP contribution in [0.2, 0.25) is 0 Å². The summed E-state index contributed by atoms with van der Waals surface area (Å²) in [6.07, 6.45) is 2.68. The molecule has 0 aromatic carbocycles. The molecule has 100 valence electrons. The van der Waals surface area contributed by atoms with Crippen molar-refractivity contribution in [3.8, 4) is 0 Å². The van der Waals surface area contributed by atoms with Crippen molar-refractivity contribution in [3.63, 3.8) is 0 Å². The lowest BCUT2D eigenvalue weighted by molar-refractivity contribution is -0.142. The van der Waals surface area contributed by atoms with Gasteiger partial charge >= 0.3 is 5.97 Å². The molecule has 18 heavy (non-hydrogen) atoms. The molecule has 1 aromatic rings. The van der Waals surface area contributed by atoms with E-state index in [1.165, 1.54) is 0 Å². The fraction of sp³-hybridized carbons (Fsp3) is 0.667. The highest BCUT2D eigenvalue weighted by atomic mass is 16.5. The highest BCUT2D eigenvalue weighted by Crippen LogP contribution is 2.37. The van der Waals surface area contributed by atoms with Gasteiger partial charge < -0.3 is 19.8 Å². The maximum absolute atomic E-state index is 10.9. The molecule has 0 unspecified atom stereocenters. The number of hydrogen-bond acceptors (Lipinski definition) is 5. The fourth-order valence-corrected chi connectivity index (χ4v) is 2.59. The molecule has 1 aromatic heterocycles. The number of aliphatic hydroxyl groups is 2. The summed E-state index contributed by atoms with van der Waals surface area (Å²) in [5.41, 5.74) is 1.22. The second-order valence-corrected chi connectivity index (χ2v) is 4.67. The van der Waals surface area contributed by atoms with Gasteiger partial charge in [0.05, 0.1) is 18.2 Å². The third-order valence-corrected chi connectivity index (χ3v) is 3.66. The van der Waals surface area contributed by atoms with E-state index in [1.54, 1.807) is 0 Å². The summed E-state index contributed by atoms with van der Waals surface area (Å²) >= 11 is 0. The first kappa shape index (κ1) is 13.0. The zero-order valence-corrected chi connectivity index (χ0v) is 10.0. The number of carboxylic acid groups (broad SMARTS) is 1. The summed E-state index contributed by atoms with van der Waals surface area (Å²) in [5, 5.41) is 31.2. The van der Waals surface area contributed by atoms with Crippen molar-refractivity contribution in [2.75, 3.05) is 0 Å². The first-order valence-corrected chi connectivity index (χ1v) is 6.09. The van der Waals surface area contributed by atoms with E-state index in [9.17, 15) is 9.90 Å². The maximum Gasteiger partial charge on any atom is 0.306 e. The zero-order valence-electron chi connectivity index (χ0n) is 10.0. The summed E-state index contributed by atoms with van der Waals surface area (Å²) in [7, 11) is 0. The molecule has 0 amide bonds. The van der Waals surface area contributed by atoms with E-state index in [2.05, 4.69) is 5.16 Å². The number of hydrogen-bond donors (Lipinski definition) is 3. The maximum atomic E-state index is 10.9. The Hall–Kier alpha value is -1.40. The van der Waals surface area contributed by atoms with Crippen LogP contribution in [-0.2, 0) is 18.0 Å². The summed E-state index contributed by atoms with van der Waals surface area (Å²) in [4.78, 5) is 10.9. The molecule has 1 saturated carbocycles. The minimum Gasteiger partial charge on any atom is -0.481 e. The van der Waals surface area contributed by atoms with Crippen molar-refractivity contribution in [2.24, 2.45) is 5.92 Å². The minimum atomic E-state index is -0.743. The van der Waals surface area contributed by atoms with E-state index in [4.69, 9.17) is 14.7 Å². The van der Waals surface area contributed by atoms with Gasteiger partial charge in [0.15, 0.2) is 5.76 Å². The largest absolute Gasteiger partial charge is 0.481 e. The number of carbonyl (C=O) groups is 1. The molecule has 0 atom stereocenters. The van der Waals surface area contributed by atoms with Crippen LogP contribution in [0.3, 0.4) is 0 Å². The summed E-state index contributed by atoms with van der Waals surface area (Å²) in [6.45, 7) is -0.499. The van der Waals surface area contributed by atoms with Crippen molar-refractivity contribution in [1.82, 2.24) is 5.16 Å². The van der Waals surface area contributed by atoms with Crippen molar-refractivity contribution >= 4 is 5.97 Å². The third-order valence-electron chi connectivity index (χ3n) is 3.66. The average molecular weight is 255 g/mol. The summed E-state index contributed by atoms with van der Waals surface area (Å²) in [5.74, 6) is -0.602. The highest BCUT2D eigenvalue weighted by Gasteiger charge is 2.30. The van der Waals surface area contributed by atoms with Gasteiger partial charge in [-0.15, -0.1) is 0 Å². The van der Waals surface area contributed by atoms with Crippen molar-refractivity contribution in [1.29, 1.82) is 0 Å². The van der Waals surface area contributed by atoms with Crippen LogP contribution in [0.15, 0.2) is 4.52 Å². The molecule has 0 saturated heterocycles. The van der Waals surface area contributed by atoms with Crippen LogP contribution in [-0.4, -0.2) is 26.4 Å². The number of carboxylic acids is 1. The minimum absolute atomic E-state index is 0.117. The topological polar surface area (TPSA) is 104 Å². The lowest BCUT2D eigenvalue weighted by atomic mass is 9.79. The Balaban J connectivity index is 2.09. The van der Waals surface area contributed by atoms with E-state index in [1.807, 2.05) is 0 Å². The first-order chi connectivity index (χ1) is 8.67. The van der Waals surface area contributed by atoms with E-state index in [0.29, 0.717) is 29.9 Å². The van der Waals surface area contributed by atoms with Gasteiger partial charge in [0.2, 0.25) is 0 Å². The quantitative estimate of drug-likeness (QED) is 0.742. The molecule has 2 rings (SSSR count). The monoisotopic (exact) mass is 255 g/mol.